The van der Waals surface area contributed by atoms with Crippen molar-refractivity contribution >= 4 is 35.0 Å². The quantitative estimate of drug-likeness (QED) is 0.486. The fourth-order valence-corrected chi connectivity index (χ4v) is 3.77. The number of carbonyl (C=O) groups is 2. The van der Waals surface area contributed by atoms with Gasteiger partial charge in [0.15, 0.2) is 10.7 Å². The number of hydrogen-bond acceptors (Lipinski definition) is 5. The van der Waals surface area contributed by atoms with Crippen molar-refractivity contribution in [3.8, 4) is 0 Å². The van der Waals surface area contributed by atoms with Gasteiger partial charge in [-0.2, -0.15) is 0 Å². The van der Waals surface area contributed by atoms with Crippen LogP contribution in [0.5, 0.6) is 0 Å². The third kappa shape index (κ3) is 5.61. The zero-order valence-electron chi connectivity index (χ0n) is 18.2. The number of pyridine rings is 1. The highest BCUT2D eigenvalue weighted by Crippen LogP contribution is 2.35. The number of carboxylic acid groups (broad SMARTS) is 1. The van der Waals surface area contributed by atoms with Gasteiger partial charge in [-0.3, -0.25) is 5.32 Å². The smallest absolute Gasteiger partial charge is 0.413 e. The second-order valence-corrected chi connectivity index (χ2v) is 9.11. The van der Waals surface area contributed by atoms with Gasteiger partial charge in [-0.15, -0.1) is 0 Å². The summed E-state index contributed by atoms with van der Waals surface area (Å²) < 4.78 is 6.93. The van der Waals surface area contributed by atoms with Crippen molar-refractivity contribution < 1.29 is 19.4 Å². The molecular weight excluding hydrogens is 428 g/mol. The number of carboxylic acids is 1. The van der Waals surface area contributed by atoms with E-state index in [0.717, 1.165) is 5.56 Å². The van der Waals surface area contributed by atoms with Gasteiger partial charge < -0.3 is 19.6 Å². The van der Waals surface area contributed by atoms with Crippen molar-refractivity contribution in [2.75, 3.05) is 0 Å². The van der Waals surface area contributed by atoms with E-state index in [-0.39, 0.29) is 23.6 Å². The van der Waals surface area contributed by atoms with E-state index in [9.17, 15) is 14.7 Å². The van der Waals surface area contributed by atoms with Crippen molar-refractivity contribution in [3.05, 3.63) is 72.2 Å². The molecule has 1 amide bonds. The van der Waals surface area contributed by atoms with Crippen molar-refractivity contribution in [2.45, 2.75) is 39.3 Å². The van der Waals surface area contributed by atoms with E-state index in [1.165, 1.54) is 0 Å². The molecule has 0 aliphatic heterocycles. The Morgan fingerprint density at radius 3 is 2.53 bits per heavy atom. The van der Waals surface area contributed by atoms with Crippen LogP contribution in [0, 0.1) is 5.41 Å². The van der Waals surface area contributed by atoms with Crippen LogP contribution in [0.1, 0.15) is 38.3 Å². The van der Waals surface area contributed by atoms with Crippen LogP contribution in [-0.2, 0) is 21.7 Å². The predicted molar refractivity (Wildman–Crippen MR) is 124 cm³/mol. The van der Waals surface area contributed by atoms with Gasteiger partial charge in [0, 0.05) is 24.2 Å². The van der Waals surface area contributed by atoms with E-state index >= 15 is 0 Å². The molecule has 168 valence electrons. The molecule has 0 saturated carbocycles. The summed E-state index contributed by atoms with van der Waals surface area (Å²) in [4.78, 5) is 29.0. The summed E-state index contributed by atoms with van der Waals surface area (Å²) in [7, 11) is 0. The van der Waals surface area contributed by atoms with Crippen molar-refractivity contribution in [1.82, 2.24) is 20.0 Å². The first-order valence-electron chi connectivity index (χ1n) is 10.1. The fourth-order valence-electron chi connectivity index (χ4n) is 3.52. The molecule has 32 heavy (non-hydrogen) atoms. The average molecular weight is 455 g/mol. The molecule has 0 aliphatic rings. The highest BCUT2D eigenvalue weighted by atomic mass is 32.1. The van der Waals surface area contributed by atoms with E-state index in [1.807, 2.05) is 51.1 Å². The summed E-state index contributed by atoms with van der Waals surface area (Å²) in [6, 6.07) is 12.6. The SMILES string of the molecule is CC(C)(C)CC(NC(=S)NC(=O)OCc1ccccc1)(C(=O)O)c1ccc2nccn2c1. The third-order valence-corrected chi connectivity index (χ3v) is 5.00. The van der Waals surface area contributed by atoms with Crippen LogP contribution in [0.2, 0.25) is 0 Å². The van der Waals surface area contributed by atoms with Crippen molar-refractivity contribution in [1.29, 1.82) is 0 Å². The monoisotopic (exact) mass is 454 g/mol. The number of hydrogen-bond donors (Lipinski definition) is 3. The van der Waals surface area contributed by atoms with Gasteiger partial charge >= 0.3 is 12.1 Å². The number of alkyl carbamates (subject to hydrolysis) is 1. The Kier molecular flexibility index (Phi) is 6.78. The van der Waals surface area contributed by atoms with Crippen LogP contribution < -0.4 is 10.6 Å². The normalized spacial score (nSPS) is 13.2. The summed E-state index contributed by atoms with van der Waals surface area (Å²) in [6.45, 7) is 5.88. The fraction of sp³-hybridized carbons (Fsp3) is 0.304. The highest BCUT2D eigenvalue weighted by Gasteiger charge is 2.44. The Bertz CT molecular complexity index is 1120. The number of benzene rings is 1. The van der Waals surface area contributed by atoms with Crippen LogP contribution in [0.4, 0.5) is 4.79 Å². The van der Waals surface area contributed by atoms with E-state index in [1.54, 1.807) is 35.1 Å². The Hall–Kier alpha value is -3.46. The number of amides is 1. The van der Waals surface area contributed by atoms with E-state index < -0.39 is 17.6 Å². The molecule has 0 spiro atoms. The second kappa shape index (κ2) is 9.35. The summed E-state index contributed by atoms with van der Waals surface area (Å²) >= 11 is 5.29. The van der Waals surface area contributed by atoms with Gasteiger partial charge in [0.25, 0.3) is 0 Å². The summed E-state index contributed by atoms with van der Waals surface area (Å²) in [5.74, 6) is -1.12. The van der Waals surface area contributed by atoms with E-state index in [4.69, 9.17) is 17.0 Å². The van der Waals surface area contributed by atoms with Gasteiger partial charge in [-0.25, -0.2) is 14.6 Å². The lowest BCUT2D eigenvalue weighted by atomic mass is 9.76. The van der Waals surface area contributed by atoms with Gasteiger partial charge in [-0.1, -0.05) is 57.2 Å². The van der Waals surface area contributed by atoms with Gasteiger partial charge in [0.2, 0.25) is 0 Å². The maximum absolute atomic E-state index is 12.6. The second-order valence-electron chi connectivity index (χ2n) is 8.70. The first-order chi connectivity index (χ1) is 15.1. The molecule has 0 aliphatic carbocycles. The molecule has 0 fully saturated rings. The maximum Gasteiger partial charge on any atom is 0.413 e. The van der Waals surface area contributed by atoms with Crippen LogP contribution in [-0.4, -0.2) is 31.7 Å². The number of nitrogens with one attached hydrogen (secondary N) is 2. The van der Waals surface area contributed by atoms with Crippen LogP contribution in [0.3, 0.4) is 0 Å². The Balaban J connectivity index is 1.82. The van der Waals surface area contributed by atoms with Crippen LogP contribution in [0.25, 0.3) is 5.65 Å². The highest BCUT2D eigenvalue weighted by molar-refractivity contribution is 7.80. The van der Waals surface area contributed by atoms with E-state index in [0.29, 0.717) is 11.2 Å². The minimum atomic E-state index is -1.58. The number of nitrogens with zero attached hydrogens (tertiary/aromatic N) is 2. The number of imidazole rings is 1. The lowest BCUT2D eigenvalue weighted by Crippen LogP contribution is -2.57. The number of rotatable bonds is 6. The number of thiocarbonyl (C=S) groups is 1. The van der Waals surface area contributed by atoms with E-state index in [2.05, 4.69) is 15.6 Å². The molecular formula is C23H26N4O4S. The minimum absolute atomic E-state index is 0.0681. The predicted octanol–water partition coefficient (Wildman–Crippen LogP) is 3.85. The van der Waals surface area contributed by atoms with Gasteiger partial charge in [0.1, 0.15) is 12.3 Å². The molecule has 3 N–H and O–H groups in total. The first-order valence-corrected chi connectivity index (χ1v) is 10.5. The molecule has 9 heteroatoms. The molecule has 2 aromatic heterocycles. The summed E-state index contributed by atoms with van der Waals surface area (Å²) in [5.41, 5.74) is 0.0307. The number of fused-ring (bicyclic) bond motifs is 1. The van der Waals surface area contributed by atoms with Crippen LogP contribution in [0.15, 0.2) is 61.1 Å². The minimum Gasteiger partial charge on any atom is -0.479 e. The Morgan fingerprint density at radius 2 is 1.88 bits per heavy atom. The molecule has 3 rings (SSSR count). The Labute approximate surface area is 191 Å². The molecule has 1 atom stereocenters. The van der Waals surface area contributed by atoms with Crippen molar-refractivity contribution in [3.63, 3.8) is 0 Å². The molecule has 1 aromatic carbocycles. The maximum atomic E-state index is 12.6. The molecule has 1 unspecified atom stereocenters. The zero-order valence-corrected chi connectivity index (χ0v) is 19.0. The molecule has 8 nitrogen and oxygen atoms in total. The summed E-state index contributed by atoms with van der Waals surface area (Å²) in [6.07, 6.45) is 4.50. The lowest BCUT2D eigenvalue weighted by Gasteiger charge is -2.37. The molecule has 0 saturated heterocycles. The van der Waals surface area contributed by atoms with Crippen LogP contribution >= 0.6 is 12.2 Å². The molecule has 3 aromatic rings. The van der Waals surface area contributed by atoms with Gasteiger partial charge in [0.05, 0.1) is 0 Å². The third-order valence-electron chi connectivity index (χ3n) is 4.80. The van der Waals surface area contributed by atoms with Gasteiger partial charge in [-0.05, 0) is 35.7 Å². The molecule has 2 heterocycles. The Morgan fingerprint density at radius 1 is 1.16 bits per heavy atom. The molecule has 0 bridgehead atoms. The molecule has 0 radical (unpaired) electrons. The lowest BCUT2D eigenvalue weighted by molar-refractivity contribution is -0.146. The number of aliphatic carboxylic acids is 1. The largest absolute Gasteiger partial charge is 0.479 e. The number of ether oxygens (including phenoxy) is 1. The standard InChI is InChI=1S/C23H26N4O4S/c1-22(2,3)15-23(19(28)29,17-9-10-18-24-11-12-27(18)13-17)26-20(32)25-21(30)31-14-16-7-5-4-6-8-16/h4-13H,14-15H2,1-3H3,(H,28,29)(H2,25,26,30,32). The zero-order chi connectivity index (χ0) is 23.4. The summed E-state index contributed by atoms with van der Waals surface area (Å²) in [5, 5.41) is 15.5. The number of aromatic nitrogens is 2. The van der Waals surface area contributed by atoms with Crippen molar-refractivity contribution in [2.24, 2.45) is 5.41 Å². The average Bonchev–Trinajstić information content (AvgIpc) is 3.19. The first kappa shape index (κ1) is 23.2. The topological polar surface area (TPSA) is 105 Å². The number of carbonyl (C=O) groups excluding carboxylic acids is 1.